The summed E-state index contributed by atoms with van der Waals surface area (Å²) in [7, 11) is 0. The summed E-state index contributed by atoms with van der Waals surface area (Å²) in [5.74, 6) is -1.16. The van der Waals surface area contributed by atoms with Crippen LogP contribution in [0.1, 0.15) is 57.5 Å². The Morgan fingerprint density at radius 1 is 1.20 bits per heavy atom. The zero-order valence-corrected chi connectivity index (χ0v) is 20.2. The van der Waals surface area contributed by atoms with E-state index in [0.717, 1.165) is 6.07 Å². The Balaban J connectivity index is 2.44. The lowest BCUT2D eigenvalue weighted by atomic mass is 10.1. The van der Waals surface area contributed by atoms with Crippen LogP contribution < -0.4 is 0 Å². The van der Waals surface area contributed by atoms with Crippen molar-refractivity contribution >= 4 is 46.9 Å². The Morgan fingerprint density at radius 3 is 2.47 bits per heavy atom. The molecular weight excluding hydrogens is 445 g/mol. The maximum absolute atomic E-state index is 13.9. The predicted molar refractivity (Wildman–Crippen MR) is 123 cm³/mol. The Hall–Kier alpha value is -1.54. The second kappa shape index (κ2) is 9.73. The van der Waals surface area contributed by atoms with Crippen molar-refractivity contribution in [3.8, 4) is 0 Å². The first-order valence-electron chi connectivity index (χ1n) is 9.23. The van der Waals surface area contributed by atoms with Crippen LogP contribution in [0.2, 0.25) is 5.02 Å². The number of benzene rings is 2. The van der Waals surface area contributed by atoms with E-state index in [1.807, 2.05) is 20.8 Å². The van der Waals surface area contributed by atoms with Gasteiger partial charge in [-0.25, -0.2) is 9.18 Å². The van der Waals surface area contributed by atoms with Crippen LogP contribution in [-0.4, -0.2) is 27.1 Å². The van der Waals surface area contributed by atoms with E-state index in [0.29, 0.717) is 20.4 Å². The first-order valence-corrected chi connectivity index (χ1v) is 11.5. The molecule has 8 heteroatoms. The molecule has 2 aromatic rings. The molecule has 0 bridgehead atoms. The number of ether oxygens (including phenoxy) is 1. The molecule has 0 aromatic heterocycles. The van der Waals surface area contributed by atoms with Gasteiger partial charge in [0.2, 0.25) is 0 Å². The highest BCUT2D eigenvalue weighted by Gasteiger charge is 2.26. The highest BCUT2D eigenvalue weighted by atomic mass is 35.5. The van der Waals surface area contributed by atoms with E-state index in [1.54, 1.807) is 39.0 Å². The number of rotatable bonds is 5. The molecule has 0 heterocycles. The minimum atomic E-state index is -1.43. The molecule has 0 aliphatic heterocycles. The molecule has 0 fully saturated rings. The number of carbonyl (C=O) groups excluding carboxylic acids is 1. The first kappa shape index (κ1) is 24.7. The van der Waals surface area contributed by atoms with Crippen molar-refractivity contribution in [1.82, 2.24) is 0 Å². The maximum atomic E-state index is 13.9. The molecule has 0 aliphatic carbocycles. The number of hydrogen-bond acceptors (Lipinski definition) is 5. The standard InChI is InChI=1S/C22H25ClFNO3S2/c1-21(2,3)28-20(26)16-12-15(24)10-11-18(16)29-19-14(8-7-9-17(19)23)13-25-30(27)22(4,5)6/h7-13H,1-6H3. The van der Waals surface area contributed by atoms with Crippen LogP contribution in [0.4, 0.5) is 4.39 Å². The number of halogens is 2. The van der Waals surface area contributed by atoms with Crippen molar-refractivity contribution in [3.63, 3.8) is 0 Å². The highest BCUT2D eigenvalue weighted by molar-refractivity contribution is 7.99. The summed E-state index contributed by atoms with van der Waals surface area (Å²) in [5.41, 5.74) is 0.0328. The van der Waals surface area contributed by atoms with Crippen LogP contribution in [0.3, 0.4) is 0 Å². The second-order valence-corrected chi connectivity index (χ2v) is 11.9. The maximum Gasteiger partial charge on any atom is 0.339 e. The van der Waals surface area contributed by atoms with Gasteiger partial charge >= 0.3 is 5.97 Å². The molecule has 2 aromatic carbocycles. The lowest BCUT2D eigenvalue weighted by Crippen LogP contribution is -2.25. The van der Waals surface area contributed by atoms with Crippen LogP contribution in [0.15, 0.2) is 50.6 Å². The summed E-state index contributed by atoms with van der Waals surface area (Å²) in [6, 6.07) is 9.18. The van der Waals surface area contributed by atoms with Crippen molar-refractivity contribution in [1.29, 1.82) is 0 Å². The van der Waals surface area contributed by atoms with Crippen molar-refractivity contribution in [2.75, 3.05) is 0 Å². The third-order valence-electron chi connectivity index (χ3n) is 3.58. The molecule has 0 N–H and O–H groups in total. The molecule has 0 amide bonds. The van der Waals surface area contributed by atoms with Gasteiger partial charge in [0.25, 0.3) is 0 Å². The van der Waals surface area contributed by atoms with Gasteiger partial charge in [-0.1, -0.05) is 39.9 Å². The number of hydrogen-bond donors (Lipinski definition) is 0. The molecule has 0 aliphatic rings. The molecule has 30 heavy (non-hydrogen) atoms. The average Bonchev–Trinajstić information content (AvgIpc) is 2.60. The van der Waals surface area contributed by atoms with Gasteiger partial charge in [0.15, 0.2) is 0 Å². The van der Waals surface area contributed by atoms with Gasteiger partial charge in [-0.2, -0.15) is 0 Å². The number of nitrogens with zero attached hydrogens (tertiary/aromatic N) is 1. The molecule has 0 saturated carbocycles. The summed E-state index contributed by atoms with van der Waals surface area (Å²) in [6.45, 7) is 10.7. The SMILES string of the molecule is CC(C)(C)OC(=O)c1cc(F)ccc1Sc1c(Cl)cccc1C=N[S+]([O-])C(C)(C)C. The monoisotopic (exact) mass is 469 g/mol. The molecule has 162 valence electrons. The third-order valence-corrected chi connectivity index (χ3v) is 6.59. The van der Waals surface area contributed by atoms with E-state index in [9.17, 15) is 13.7 Å². The van der Waals surface area contributed by atoms with Crippen molar-refractivity contribution < 1.29 is 18.5 Å². The summed E-state index contributed by atoms with van der Waals surface area (Å²) >= 11 is 6.17. The van der Waals surface area contributed by atoms with Crippen LogP contribution in [-0.2, 0) is 16.1 Å². The Kier molecular flexibility index (Phi) is 8.02. The van der Waals surface area contributed by atoms with E-state index in [-0.39, 0.29) is 5.56 Å². The highest BCUT2D eigenvalue weighted by Crippen LogP contribution is 2.38. The molecule has 1 unspecified atom stereocenters. The zero-order valence-electron chi connectivity index (χ0n) is 17.8. The van der Waals surface area contributed by atoms with E-state index < -0.39 is 33.5 Å². The van der Waals surface area contributed by atoms with E-state index >= 15 is 0 Å². The Bertz CT molecular complexity index is 952. The van der Waals surface area contributed by atoms with Gasteiger partial charge in [0, 0.05) is 15.4 Å². The molecule has 4 nitrogen and oxygen atoms in total. The fourth-order valence-corrected chi connectivity index (χ4v) is 4.03. The molecule has 1 atom stereocenters. The fourth-order valence-electron chi connectivity index (χ4n) is 2.19. The van der Waals surface area contributed by atoms with Gasteiger partial charge in [0.05, 0.1) is 16.8 Å². The van der Waals surface area contributed by atoms with Crippen molar-refractivity contribution in [2.45, 2.75) is 61.7 Å². The summed E-state index contributed by atoms with van der Waals surface area (Å²) < 4.78 is 35.2. The molecule has 2 rings (SSSR count). The quantitative estimate of drug-likeness (QED) is 0.286. The number of esters is 1. The van der Waals surface area contributed by atoms with Crippen LogP contribution in [0, 0.1) is 5.82 Å². The third kappa shape index (κ3) is 7.01. The molecule has 0 spiro atoms. The number of carbonyl (C=O) groups is 1. The van der Waals surface area contributed by atoms with Gasteiger partial charge < -0.3 is 9.29 Å². The first-order chi connectivity index (χ1) is 13.8. The average molecular weight is 470 g/mol. The lowest BCUT2D eigenvalue weighted by Gasteiger charge is -2.20. The van der Waals surface area contributed by atoms with Gasteiger partial charge in [0.1, 0.15) is 27.5 Å². The summed E-state index contributed by atoms with van der Waals surface area (Å²) in [6.07, 6.45) is 1.51. The fraction of sp³-hybridized carbons (Fsp3) is 0.364. The molecule has 0 saturated heterocycles. The van der Waals surface area contributed by atoms with Crippen LogP contribution in [0.25, 0.3) is 0 Å². The Labute approximate surface area is 189 Å². The zero-order chi connectivity index (χ0) is 22.7. The van der Waals surface area contributed by atoms with Gasteiger partial charge in [-0.05, 0) is 65.8 Å². The second-order valence-electron chi connectivity index (χ2n) is 8.50. The van der Waals surface area contributed by atoms with Crippen LogP contribution in [0.5, 0.6) is 0 Å². The molecular formula is C22H25ClFNO3S2. The van der Waals surface area contributed by atoms with Crippen molar-refractivity contribution in [2.24, 2.45) is 4.40 Å². The Morgan fingerprint density at radius 2 is 1.87 bits per heavy atom. The van der Waals surface area contributed by atoms with E-state index in [1.165, 1.54) is 30.1 Å². The van der Waals surface area contributed by atoms with E-state index in [4.69, 9.17) is 16.3 Å². The minimum Gasteiger partial charge on any atom is -0.591 e. The normalized spacial score (nSPS) is 13.5. The topological polar surface area (TPSA) is 61.7 Å². The lowest BCUT2D eigenvalue weighted by molar-refractivity contribution is 0.00650. The predicted octanol–water partition coefficient (Wildman–Crippen LogP) is 6.47. The van der Waals surface area contributed by atoms with Crippen LogP contribution >= 0.6 is 23.4 Å². The van der Waals surface area contributed by atoms with Gasteiger partial charge in [-0.3, -0.25) is 0 Å². The minimum absolute atomic E-state index is 0.107. The van der Waals surface area contributed by atoms with Gasteiger partial charge in [-0.15, -0.1) is 0 Å². The summed E-state index contributed by atoms with van der Waals surface area (Å²) in [5, 5.41) is 0.435. The smallest absolute Gasteiger partial charge is 0.339 e. The van der Waals surface area contributed by atoms with Crippen molar-refractivity contribution in [3.05, 3.63) is 58.4 Å². The largest absolute Gasteiger partial charge is 0.591 e. The summed E-state index contributed by atoms with van der Waals surface area (Å²) in [4.78, 5) is 13.7. The molecule has 0 radical (unpaired) electrons. The van der Waals surface area contributed by atoms with E-state index in [2.05, 4.69) is 4.40 Å².